The van der Waals surface area contributed by atoms with Gasteiger partial charge < -0.3 is 4.42 Å². The lowest BCUT2D eigenvalue weighted by atomic mass is 10.1. The fourth-order valence-corrected chi connectivity index (χ4v) is 2.97. The molecule has 1 aromatic carbocycles. The first-order valence-electron chi connectivity index (χ1n) is 8.02. The Hall–Kier alpha value is -3.19. The molecule has 0 atom stereocenters. The average Bonchev–Trinajstić information content (AvgIpc) is 3.36. The van der Waals surface area contributed by atoms with Crippen LogP contribution in [0.2, 0.25) is 0 Å². The molecule has 2 N–H and O–H groups in total. The Labute approximate surface area is 154 Å². The highest BCUT2D eigenvalue weighted by Crippen LogP contribution is 2.24. The van der Waals surface area contributed by atoms with Crippen molar-refractivity contribution in [2.24, 2.45) is 0 Å². The quantitative estimate of drug-likeness (QED) is 0.534. The Morgan fingerprint density at radius 2 is 2.00 bits per heavy atom. The van der Waals surface area contributed by atoms with Crippen LogP contribution in [0.3, 0.4) is 0 Å². The lowest BCUT2D eigenvalue weighted by Gasteiger charge is -2.02. The summed E-state index contributed by atoms with van der Waals surface area (Å²) in [6, 6.07) is 11.5. The van der Waals surface area contributed by atoms with E-state index in [2.05, 4.69) is 22.8 Å². The zero-order chi connectivity index (χ0) is 18.4. The predicted octanol–water partition coefficient (Wildman–Crippen LogP) is 3.44. The van der Waals surface area contributed by atoms with Gasteiger partial charge in [0.25, 0.3) is 11.8 Å². The molecule has 0 fully saturated rings. The first-order valence-corrected chi connectivity index (χ1v) is 8.90. The highest BCUT2D eigenvalue weighted by atomic mass is 32.1. The minimum atomic E-state index is -0.475. The van der Waals surface area contributed by atoms with Gasteiger partial charge in [0.1, 0.15) is 16.5 Å². The number of nitrogens with one attached hydrogen (secondary N) is 2. The van der Waals surface area contributed by atoms with E-state index in [0.717, 1.165) is 17.0 Å². The molecule has 0 aliphatic carbocycles. The van der Waals surface area contributed by atoms with Crippen LogP contribution in [0.15, 0.2) is 58.5 Å². The van der Waals surface area contributed by atoms with Crippen LogP contribution in [-0.4, -0.2) is 16.8 Å². The second-order valence-corrected chi connectivity index (χ2v) is 6.24. The van der Waals surface area contributed by atoms with E-state index >= 15 is 0 Å². The van der Waals surface area contributed by atoms with Gasteiger partial charge in [-0.15, -0.1) is 11.3 Å². The van der Waals surface area contributed by atoms with E-state index in [1.54, 1.807) is 17.5 Å². The van der Waals surface area contributed by atoms with Crippen molar-refractivity contribution in [2.75, 3.05) is 0 Å². The van der Waals surface area contributed by atoms with Crippen molar-refractivity contribution < 1.29 is 14.0 Å². The maximum absolute atomic E-state index is 12.1. The van der Waals surface area contributed by atoms with Crippen molar-refractivity contribution in [3.05, 3.63) is 71.1 Å². The van der Waals surface area contributed by atoms with E-state index in [1.165, 1.54) is 35.3 Å². The third-order valence-corrected chi connectivity index (χ3v) is 4.48. The zero-order valence-corrected chi connectivity index (χ0v) is 14.9. The van der Waals surface area contributed by atoms with Crippen molar-refractivity contribution in [1.82, 2.24) is 15.8 Å². The summed E-state index contributed by atoms with van der Waals surface area (Å²) >= 11 is 1.38. The molecule has 0 aliphatic rings. The lowest BCUT2D eigenvalue weighted by Crippen LogP contribution is -2.40. The van der Waals surface area contributed by atoms with E-state index in [1.807, 2.05) is 24.3 Å². The predicted molar refractivity (Wildman–Crippen MR) is 100 cm³/mol. The molecule has 2 aromatic heterocycles. The molecule has 6 nitrogen and oxygen atoms in total. The molecular weight excluding hydrogens is 350 g/mol. The van der Waals surface area contributed by atoms with Crippen molar-refractivity contribution in [3.63, 3.8) is 0 Å². The van der Waals surface area contributed by atoms with Crippen LogP contribution in [-0.2, 0) is 11.2 Å². The van der Waals surface area contributed by atoms with E-state index in [-0.39, 0.29) is 5.69 Å². The third kappa shape index (κ3) is 4.46. The number of aromatic nitrogens is 1. The van der Waals surface area contributed by atoms with Crippen molar-refractivity contribution in [3.8, 4) is 10.6 Å². The van der Waals surface area contributed by atoms with Gasteiger partial charge in [-0.3, -0.25) is 20.4 Å². The van der Waals surface area contributed by atoms with Gasteiger partial charge in [-0.25, -0.2) is 4.98 Å². The monoisotopic (exact) mass is 367 g/mol. The fraction of sp³-hybridized carbons (Fsp3) is 0.105. The number of carbonyl (C=O) groups excluding carboxylic acids is 2. The maximum atomic E-state index is 12.1. The second-order valence-electron chi connectivity index (χ2n) is 5.38. The van der Waals surface area contributed by atoms with Gasteiger partial charge in [0.05, 0.1) is 6.26 Å². The first kappa shape index (κ1) is 17.6. The summed E-state index contributed by atoms with van der Waals surface area (Å²) in [6.45, 7) is 2.10. The number of hydrogen-bond donors (Lipinski definition) is 2. The van der Waals surface area contributed by atoms with Gasteiger partial charge in [0.2, 0.25) is 0 Å². The van der Waals surface area contributed by atoms with Gasteiger partial charge >= 0.3 is 0 Å². The smallest absolute Gasteiger partial charge is 0.289 e. The summed E-state index contributed by atoms with van der Waals surface area (Å²) in [5, 5.41) is 2.41. The second kappa shape index (κ2) is 8.26. The van der Waals surface area contributed by atoms with Crippen LogP contribution in [0.25, 0.3) is 16.6 Å². The molecule has 3 aromatic rings. The number of rotatable bonds is 5. The number of benzene rings is 1. The number of furan rings is 1. The fourth-order valence-electron chi connectivity index (χ4n) is 2.16. The highest BCUT2D eigenvalue weighted by molar-refractivity contribution is 7.13. The summed E-state index contributed by atoms with van der Waals surface area (Å²) in [7, 11) is 0. The summed E-state index contributed by atoms with van der Waals surface area (Å²) < 4.78 is 5.08. The standard InChI is InChI=1S/C19H17N3O3S/c1-2-13-5-7-14(8-6-13)19-20-16(12-26-19)18(24)22-21-17(23)10-9-15-4-3-11-25-15/h3-12H,2H2,1H3,(H,21,23)(H,22,24)/b10-9+. The van der Waals surface area contributed by atoms with Crippen molar-refractivity contribution in [1.29, 1.82) is 0 Å². The molecule has 0 radical (unpaired) electrons. The van der Waals surface area contributed by atoms with E-state index < -0.39 is 11.8 Å². The van der Waals surface area contributed by atoms with Crippen LogP contribution in [0.1, 0.15) is 28.7 Å². The van der Waals surface area contributed by atoms with Crippen LogP contribution < -0.4 is 10.9 Å². The summed E-state index contributed by atoms with van der Waals surface area (Å²) in [5.74, 6) is -0.400. The van der Waals surface area contributed by atoms with Crippen LogP contribution in [0.5, 0.6) is 0 Å². The SMILES string of the molecule is CCc1ccc(-c2nc(C(=O)NNC(=O)/C=C/c3ccco3)cs2)cc1. The number of nitrogens with zero attached hydrogens (tertiary/aromatic N) is 1. The molecule has 26 heavy (non-hydrogen) atoms. The molecule has 0 saturated carbocycles. The molecule has 0 saturated heterocycles. The van der Waals surface area contributed by atoms with Crippen LogP contribution in [0.4, 0.5) is 0 Å². The Morgan fingerprint density at radius 3 is 2.69 bits per heavy atom. The Bertz CT molecular complexity index is 912. The zero-order valence-electron chi connectivity index (χ0n) is 14.1. The normalized spacial score (nSPS) is 10.8. The molecule has 2 amide bonds. The van der Waals surface area contributed by atoms with Crippen molar-refractivity contribution >= 4 is 29.2 Å². The number of hydrazine groups is 1. The van der Waals surface area contributed by atoms with Crippen LogP contribution >= 0.6 is 11.3 Å². The number of aryl methyl sites for hydroxylation is 1. The Morgan fingerprint density at radius 1 is 1.19 bits per heavy atom. The topological polar surface area (TPSA) is 84.2 Å². The number of carbonyl (C=O) groups is 2. The van der Waals surface area contributed by atoms with Gasteiger partial charge in [-0.1, -0.05) is 31.2 Å². The number of thiazole rings is 1. The average molecular weight is 367 g/mol. The molecule has 0 spiro atoms. The van der Waals surface area contributed by atoms with Crippen molar-refractivity contribution in [2.45, 2.75) is 13.3 Å². The molecule has 0 unspecified atom stereocenters. The third-order valence-electron chi connectivity index (χ3n) is 3.59. The van der Waals surface area contributed by atoms with Gasteiger partial charge in [0.15, 0.2) is 0 Å². The van der Waals surface area contributed by atoms with E-state index in [9.17, 15) is 9.59 Å². The summed E-state index contributed by atoms with van der Waals surface area (Å²) in [5.41, 5.74) is 7.09. The van der Waals surface area contributed by atoms with E-state index in [4.69, 9.17) is 4.42 Å². The molecule has 7 heteroatoms. The highest BCUT2D eigenvalue weighted by Gasteiger charge is 2.12. The Balaban J connectivity index is 1.56. The Kier molecular flexibility index (Phi) is 5.60. The summed E-state index contributed by atoms with van der Waals surface area (Å²) in [4.78, 5) is 28.1. The maximum Gasteiger partial charge on any atom is 0.289 e. The molecule has 2 heterocycles. The van der Waals surface area contributed by atoms with E-state index in [0.29, 0.717) is 5.76 Å². The molecule has 0 bridgehead atoms. The largest absolute Gasteiger partial charge is 0.465 e. The minimum absolute atomic E-state index is 0.250. The molecule has 0 aliphatic heterocycles. The molecule has 3 rings (SSSR count). The van der Waals surface area contributed by atoms with Gasteiger partial charge in [-0.05, 0) is 30.2 Å². The minimum Gasteiger partial charge on any atom is -0.465 e. The molecule has 132 valence electrons. The lowest BCUT2D eigenvalue weighted by molar-refractivity contribution is -0.117. The molecular formula is C19H17N3O3S. The summed E-state index contributed by atoms with van der Waals surface area (Å²) in [6.07, 6.45) is 5.25. The van der Waals surface area contributed by atoms with Crippen LogP contribution in [0, 0.1) is 0 Å². The number of hydrogen-bond acceptors (Lipinski definition) is 5. The van der Waals surface area contributed by atoms with Gasteiger partial charge in [0, 0.05) is 17.0 Å². The number of amides is 2. The van der Waals surface area contributed by atoms with Gasteiger partial charge in [-0.2, -0.15) is 0 Å². The first-order chi connectivity index (χ1) is 12.7.